The van der Waals surface area contributed by atoms with Gasteiger partial charge < -0.3 is 5.11 Å². The number of rotatable bonds is 0. The molecule has 0 saturated carbocycles. The number of hydrogen-bond donors (Lipinski definition) is 0. The van der Waals surface area contributed by atoms with Crippen LogP contribution in [0.4, 0.5) is 0 Å². The lowest BCUT2D eigenvalue weighted by Gasteiger charge is -1.96. The Balaban J connectivity index is 3.02. The molecule has 0 aliphatic rings. The standard InChI is InChI=1S/C4H4N2O/c7-4-3-5-1-2-6-4/h1-3H,(H,6,7)/p-1. The van der Waals surface area contributed by atoms with Gasteiger partial charge in [-0.15, -0.1) is 0 Å². The molecule has 0 fully saturated rings. The third-order valence-corrected chi connectivity index (χ3v) is 0.539. The van der Waals surface area contributed by atoms with Gasteiger partial charge in [-0.1, -0.05) is 0 Å². The Labute approximate surface area is 40.7 Å². The minimum atomic E-state index is -0.289. The van der Waals surface area contributed by atoms with Crippen LogP contribution in [-0.4, -0.2) is 9.97 Å². The van der Waals surface area contributed by atoms with Crippen LogP contribution < -0.4 is 5.11 Å². The van der Waals surface area contributed by atoms with Crippen molar-refractivity contribution in [2.45, 2.75) is 0 Å². The maximum atomic E-state index is 10.1. The van der Waals surface area contributed by atoms with E-state index in [9.17, 15) is 5.11 Å². The van der Waals surface area contributed by atoms with Crippen molar-refractivity contribution in [1.29, 1.82) is 0 Å². The van der Waals surface area contributed by atoms with E-state index in [2.05, 4.69) is 9.97 Å². The van der Waals surface area contributed by atoms with Gasteiger partial charge in [0.2, 0.25) is 0 Å². The van der Waals surface area contributed by atoms with Gasteiger partial charge in [0.05, 0.1) is 0 Å². The van der Waals surface area contributed by atoms with Crippen molar-refractivity contribution < 1.29 is 5.11 Å². The van der Waals surface area contributed by atoms with Crippen LogP contribution in [0.3, 0.4) is 0 Å². The monoisotopic (exact) mass is 95.0 g/mol. The molecule has 1 aromatic heterocycles. The summed E-state index contributed by atoms with van der Waals surface area (Å²) in [4.78, 5) is 6.87. The van der Waals surface area contributed by atoms with Crippen molar-refractivity contribution in [3.63, 3.8) is 0 Å². The van der Waals surface area contributed by atoms with Gasteiger partial charge in [0.15, 0.2) is 0 Å². The molecule has 0 amide bonds. The average Bonchev–Trinajstić information content (AvgIpc) is 1.69. The van der Waals surface area contributed by atoms with Crippen LogP contribution in [0.5, 0.6) is 5.88 Å². The quantitative estimate of drug-likeness (QED) is 0.438. The van der Waals surface area contributed by atoms with Crippen LogP contribution in [0.1, 0.15) is 0 Å². The molecule has 3 nitrogen and oxygen atoms in total. The fourth-order valence-corrected chi connectivity index (χ4v) is 0.285. The van der Waals surface area contributed by atoms with E-state index in [-0.39, 0.29) is 5.88 Å². The Morgan fingerprint density at radius 1 is 1.43 bits per heavy atom. The van der Waals surface area contributed by atoms with E-state index in [1.54, 1.807) is 0 Å². The molecule has 7 heavy (non-hydrogen) atoms. The Morgan fingerprint density at radius 2 is 2.29 bits per heavy atom. The minimum Gasteiger partial charge on any atom is -0.858 e. The zero-order chi connectivity index (χ0) is 5.11. The molecule has 0 spiro atoms. The number of aromatic nitrogens is 2. The van der Waals surface area contributed by atoms with Gasteiger partial charge >= 0.3 is 0 Å². The minimum absolute atomic E-state index is 0.289. The van der Waals surface area contributed by atoms with E-state index in [1.807, 2.05) is 0 Å². The molecule has 1 aromatic rings. The third kappa shape index (κ3) is 0.855. The summed E-state index contributed by atoms with van der Waals surface area (Å²) in [6.45, 7) is 0. The van der Waals surface area contributed by atoms with Gasteiger partial charge in [-0.25, -0.2) is 0 Å². The normalized spacial score (nSPS) is 8.57. The fourth-order valence-electron chi connectivity index (χ4n) is 0.285. The average molecular weight is 95.1 g/mol. The smallest absolute Gasteiger partial charge is 0.0451 e. The van der Waals surface area contributed by atoms with Crippen molar-refractivity contribution in [1.82, 2.24) is 9.97 Å². The molecule has 0 aliphatic carbocycles. The Bertz CT molecular complexity index is 140. The summed E-state index contributed by atoms with van der Waals surface area (Å²) in [7, 11) is 0. The van der Waals surface area contributed by atoms with Gasteiger partial charge in [0.1, 0.15) is 0 Å². The highest BCUT2D eigenvalue weighted by Gasteiger charge is 1.67. The lowest BCUT2D eigenvalue weighted by molar-refractivity contribution is -0.275. The van der Waals surface area contributed by atoms with Crippen LogP contribution in [0.2, 0.25) is 0 Å². The predicted molar refractivity (Wildman–Crippen MR) is 21.5 cm³/mol. The highest BCUT2D eigenvalue weighted by Crippen LogP contribution is 1.87. The van der Waals surface area contributed by atoms with Crippen molar-refractivity contribution in [3.8, 4) is 5.88 Å². The first kappa shape index (κ1) is 4.05. The van der Waals surface area contributed by atoms with E-state index in [4.69, 9.17) is 0 Å². The molecule has 0 unspecified atom stereocenters. The van der Waals surface area contributed by atoms with Crippen LogP contribution in [0.25, 0.3) is 0 Å². The second kappa shape index (κ2) is 1.55. The van der Waals surface area contributed by atoms with Crippen molar-refractivity contribution in [2.24, 2.45) is 0 Å². The largest absolute Gasteiger partial charge is 0.858 e. The van der Waals surface area contributed by atoms with E-state index in [0.29, 0.717) is 0 Å². The molecule has 0 aromatic carbocycles. The molecule has 0 atom stereocenters. The first-order chi connectivity index (χ1) is 3.39. The molecule has 0 saturated heterocycles. The highest BCUT2D eigenvalue weighted by atomic mass is 16.3. The van der Waals surface area contributed by atoms with Crippen LogP contribution >= 0.6 is 0 Å². The maximum Gasteiger partial charge on any atom is 0.0451 e. The second-order valence-corrected chi connectivity index (χ2v) is 1.04. The molecule has 1 rings (SSSR count). The molecule has 36 valence electrons. The van der Waals surface area contributed by atoms with E-state index in [1.165, 1.54) is 18.6 Å². The summed E-state index contributed by atoms with van der Waals surface area (Å²) in [5.74, 6) is -0.289. The first-order valence-electron chi connectivity index (χ1n) is 1.82. The lowest BCUT2D eigenvalue weighted by atomic mass is 10.7. The maximum absolute atomic E-state index is 10.1. The molecule has 0 N–H and O–H groups in total. The first-order valence-corrected chi connectivity index (χ1v) is 1.82. The van der Waals surface area contributed by atoms with Crippen LogP contribution in [0.15, 0.2) is 18.6 Å². The zero-order valence-electron chi connectivity index (χ0n) is 3.53. The van der Waals surface area contributed by atoms with Crippen molar-refractivity contribution in [3.05, 3.63) is 18.6 Å². The summed E-state index contributed by atoms with van der Waals surface area (Å²) in [5.41, 5.74) is 0. The summed E-state index contributed by atoms with van der Waals surface area (Å²) < 4.78 is 0. The Morgan fingerprint density at radius 3 is 2.57 bits per heavy atom. The Kier molecular flexibility index (Phi) is 0.898. The van der Waals surface area contributed by atoms with Gasteiger partial charge in [0.25, 0.3) is 0 Å². The van der Waals surface area contributed by atoms with Crippen molar-refractivity contribution in [2.75, 3.05) is 0 Å². The summed E-state index contributed by atoms with van der Waals surface area (Å²) in [6, 6.07) is 0. The molecule has 0 aliphatic heterocycles. The van der Waals surface area contributed by atoms with Crippen molar-refractivity contribution >= 4 is 0 Å². The van der Waals surface area contributed by atoms with Crippen LogP contribution in [0, 0.1) is 0 Å². The Hall–Kier alpha value is -1.12. The molecular formula is C4H3N2O-. The number of nitrogens with zero attached hydrogens (tertiary/aromatic N) is 2. The predicted octanol–water partition coefficient (Wildman–Crippen LogP) is -0.450. The molecule has 0 radical (unpaired) electrons. The highest BCUT2D eigenvalue weighted by molar-refractivity contribution is 4.95. The molecule has 3 heteroatoms. The SMILES string of the molecule is [O-]c1cnccn1. The van der Waals surface area contributed by atoms with Gasteiger partial charge in [-0.05, 0) is 0 Å². The van der Waals surface area contributed by atoms with Gasteiger partial charge in [-0.2, -0.15) is 0 Å². The van der Waals surface area contributed by atoms with E-state index >= 15 is 0 Å². The summed E-state index contributed by atoms with van der Waals surface area (Å²) >= 11 is 0. The van der Waals surface area contributed by atoms with E-state index in [0.717, 1.165) is 0 Å². The summed E-state index contributed by atoms with van der Waals surface area (Å²) in [5, 5.41) is 10.1. The van der Waals surface area contributed by atoms with Gasteiger partial charge in [-0.3, -0.25) is 9.97 Å². The summed E-state index contributed by atoms with van der Waals surface area (Å²) in [6.07, 6.45) is 3.99. The second-order valence-electron chi connectivity index (χ2n) is 1.04. The third-order valence-electron chi connectivity index (χ3n) is 0.539. The molecular weight excluding hydrogens is 92.1 g/mol. The lowest BCUT2D eigenvalue weighted by Crippen LogP contribution is -1.91. The zero-order valence-corrected chi connectivity index (χ0v) is 3.53. The number of hydrogen-bond acceptors (Lipinski definition) is 3. The molecule has 1 heterocycles. The van der Waals surface area contributed by atoms with E-state index < -0.39 is 0 Å². The fraction of sp³-hybridized carbons (Fsp3) is 0. The van der Waals surface area contributed by atoms with Gasteiger partial charge in [0, 0.05) is 24.5 Å². The topological polar surface area (TPSA) is 48.8 Å². The molecule has 0 bridgehead atoms. The van der Waals surface area contributed by atoms with Crippen LogP contribution in [-0.2, 0) is 0 Å².